The van der Waals surface area contributed by atoms with Crippen LogP contribution in [-0.2, 0) is 6.42 Å². The van der Waals surface area contributed by atoms with Crippen LogP contribution in [0.15, 0.2) is 17.8 Å². The summed E-state index contributed by atoms with van der Waals surface area (Å²) in [5.41, 5.74) is 5.83. The second-order valence-electron chi connectivity index (χ2n) is 3.47. The average Bonchev–Trinajstić information content (AvgIpc) is 2.95. The molecule has 2 aromatic heterocycles. The fourth-order valence-electron chi connectivity index (χ4n) is 1.37. The van der Waals surface area contributed by atoms with Crippen LogP contribution < -0.4 is 11.1 Å². The third-order valence-corrected chi connectivity index (χ3v) is 2.86. The number of nitrogen functional groups attached to an aromatic ring is 1. The summed E-state index contributed by atoms with van der Waals surface area (Å²) in [5, 5.41) is 4.84. The van der Waals surface area contributed by atoms with Gasteiger partial charge in [0, 0.05) is 30.7 Å². The third kappa shape index (κ3) is 3.28. The Morgan fingerprint density at radius 2 is 2.47 bits per heavy atom. The molecule has 0 fully saturated rings. The average molecular weight is 251 g/mol. The molecule has 0 aromatic carbocycles. The summed E-state index contributed by atoms with van der Waals surface area (Å²) in [6.45, 7) is 0.594. The van der Waals surface area contributed by atoms with Gasteiger partial charge in [0.2, 0.25) is 0 Å². The standard InChI is InChI=1S/C10H13N5OS/c11-10-15-7(6-17-10)9(16)14-3-1-2-8-12-4-5-13-8/h4-6H,1-3H2,(H2,11,15)(H,12,13)(H,14,16). The van der Waals surface area contributed by atoms with E-state index in [1.807, 2.05) is 0 Å². The molecule has 0 saturated carbocycles. The molecule has 0 aliphatic rings. The lowest BCUT2D eigenvalue weighted by Gasteiger charge is -2.01. The Hall–Kier alpha value is -1.89. The summed E-state index contributed by atoms with van der Waals surface area (Å²) in [6.07, 6.45) is 5.14. The minimum atomic E-state index is -0.183. The molecule has 0 unspecified atom stereocenters. The van der Waals surface area contributed by atoms with E-state index >= 15 is 0 Å². The normalized spacial score (nSPS) is 10.4. The van der Waals surface area contributed by atoms with Crippen LogP contribution in [0.5, 0.6) is 0 Å². The largest absolute Gasteiger partial charge is 0.375 e. The highest BCUT2D eigenvalue weighted by Gasteiger charge is 2.08. The maximum Gasteiger partial charge on any atom is 0.270 e. The number of nitrogens with two attached hydrogens (primary N) is 1. The zero-order chi connectivity index (χ0) is 12.1. The number of imidazole rings is 1. The Labute approximate surface area is 102 Å². The molecule has 2 rings (SSSR count). The van der Waals surface area contributed by atoms with Crippen molar-refractivity contribution >= 4 is 22.4 Å². The van der Waals surface area contributed by atoms with Crippen LogP contribution in [0, 0.1) is 0 Å². The van der Waals surface area contributed by atoms with Crippen molar-refractivity contribution in [1.29, 1.82) is 0 Å². The Kier molecular flexibility index (Phi) is 3.71. The molecule has 0 atom stereocenters. The molecular formula is C10H13N5OS. The molecule has 0 saturated heterocycles. The Bertz CT molecular complexity index is 479. The maximum atomic E-state index is 11.6. The highest BCUT2D eigenvalue weighted by molar-refractivity contribution is 7.13. The Balaban J connectivity index is 1.70. The number of nitrogens with one attached hydrogen (secondary N) is 2. The van der Waals surface area contributed by atoms with E-state index in [1.165, 1.54) is 11.3 Å². The maximum absolute atomic E-state index is 11.6. The number of carbonyl (C=O) groups is 1. The van der Waals surface area contributed by atoms with Gasteiger partial charge in [-0.1, -0.05) is 0 Å². The summed E-state index contributed by atoms with van der Waals surface area (Å²) in [5.74, 6) is 0.745. The molecule has 90 valence electrons. The van der Waals surface area contributed by atoms with Crippen molar-refractivity contribution in [2.24, 2.45) is 0 Å². The molecule has 0 aliphatic carbocycles. The molecule has 6 nitrogen and oxygen atoms in total. The fraction of sp³-hybridized carbons (Fsp3) is 0.300. The van der Waals surface area contributed by atoms with E-state index in [-0.39, 0.29) is 5.91 Å². The van der Waals surface area contributed by atoms with Crippen LogP contribution in [0.1, 0.15) is 22.7 Å². The van der Waals surface area contributed by atoms with Gasteiger partial charge in [-0.2, -0.15) is 0 Å². The van der Waals surface area contributed by atoms with Gasteiger partial charge in [-0.05, 0) is 6.42 Å². The highest BCUT2D eigenvalue weighted by atomic mass is 32.1. The van der Waals surface area contributed by atoms with Crippen molar-refractivity contribution in [3.8, 4) is 0 Å². The van der Waals surface area contributed by atoms with Crippen LogP contribution in [0.2, 0.25) is 0 Å². The molecule has 1 amide bonds. The van der Waals surface area contributed by atoms with Gasteiger partial charge < -0.3 is 16.0 Å². The summed E-state index contributed by atoms with van der Waals surface area (Å²) in [4.78, 5) is 22.6. The summed E-state index contributed by atoms with van der Waals surface area (Å²) in [7, 11) is 0. The number of hydrogen-bond acceptors (Lipinski definition) is 5. The number of H-pyrrole nitrogens is 1. The van der Waals surface area contributed by atoms with Crippen LogP contribution in [-0.4, -0.2) is 27.4 Å². The first kappa shape index (κ1) is 11.6. The zero-order valence-electron chi connectivity index (χ0n) is 9.14. The third-order valence-electron chi connectivity index (χ3n) is 2.19. The van der Waals surface area contributed by atoms with Gasteiger partial charge in [0.1, 0.15) is 11.5 Å². The number of anilines is 1. The molecule has 7 heteroatoms. The van der Waals surface area contributed by atoms with E-state index in [9.17, 15) is 4.79 Å². The van der Waals surface area contributed by atoms with Crippen LogP contribution in [0.3, 0.4) is 0 Å². The van der Waals surface area contributed by atoms with E-state index in [4.69, 9.17) is 5.73 Å². The van der Waals surface area contributed by atoms with Gasteiger partial charge in [-0.25, -0.2) is 9.97 Å². The SMILES string of the molecule is Nc1nc(C(=O)NCCCc2ncc[nH]2)cs1. The number of carbonyl (C=O) groups excluding carboxylic acids is 1. The van der Waals surface area contributed by atoms with Gasteiger partial charge in [0.25, 0.3) is 5.91 Å². The van der Waals surface area contributed by atoms with E-state index in [0.717, 1.165) is 18.7 Å². The molecule has 0 radical (unpaired) electrons. The van der Waals surface area contributed by atoms with Gasteiger partial charge in [-0.15, -0.1) is 11.3 Å². The van der Waals surface area contributed by atoms with Crippen molar-refractivity contribution < 1.29 is 4.79 Å². The molecule has 2 aromatic rings. The zero-order valence-corrected chi connectivity index (χ0v) is 9.96. The monoisotopic (exact) mass is 251 g/mol. The Morgan fingerprint density at radius 1 is 1.59 bits per heavy atom. The number of rotatable bonds is 5. The molecule has 0 aliphatic heterocycles. The van der Waals surface area contributed by atoms with E-state index in [0.29, 0.717) is 17.4 Å². The predicted molar refractivity (Wildman–Crippen MR) is 65.8 cm³/mol. The minimum Gasteiger partial charge on any atom is -0.375 e. The summed E-state index contributed by atoms with van der Waals surface area (Å²) >= 11 is 1.26. The predicted octanol–water partition coefficient (Wildman–Crippen LogP) is 0.811. The number of amides is 1. The topological polar surface area (TPSA) is 96.7 Å². The van der Waals surface area contributed by atoms with Crippen molar-refractivity contribution in [1.82, 2.24) is 20.3 Å². The quantitative estimate of drug-likeness (QED) is 0.685. The van der Waals surface area contributed by atoms with Crippen molar-refractivity contribution in [3.05, 3.63) is 29.3 Å². The number of aromatic nitrogens is 3. The van der Waals surface area contributed by atoms with Crippen LogP contribution >= 0.6 is 11.3 Å². The van der Waals surface area contributed by atoms with Gasteiger partial charge >= 0.3 is 0 Å². The molecule has 4 N–H and O–H groups in total. The molecule has 0 spiro atoms. The number of hydrogen-bond donors (Lipinski definition) is 3. The van der Waals surface area contributed by atoms with Gasteiger partial charge in [-0.3, -0.25) is 4.79 Å². The second kappa shape index (κ2) is 5.44. The van der Waals surface area contributed by atoms with Crippen molar-refractivity contribution in [2.45, 2.75) is 12.8 Å². The first-order valence-electron chi connectivity index (χ1n) is 5.23. The second-order valence-corrected chi connectivity index (χ2v) is 4.36. The first-order chi connectivity index (χ1) is 8.25. The number of aryl methyl sites for hydroxylation is 1. The first-order valence-corrected chi connectivity index (χ1v) is 6.11. The van der Waals surface area contributed by atoms with E-state index < -0.39 is 0 Å². The molecular weight excluding hydrogens is 238 g/mol. The number of nitrogens with zero attached hydrogens (tertiary/aromatic N) is 2. The lowest BCUT2D eigenvalue weighted by atomic mass is 10.3. The fourth-order valence-corrected chi connectivity index (χ4v) is 1.92. The molecule has 17 heavy (non-hydrogen) atoms. The lowest BCUT2D eigenvalue weighted by molar-refractivity contribution is 0.0949. The summed E-state index contributed by atoms with van der Waals surface area (Å²) in [6, 6.07) is 0. The Morgan fingerprint density at radius 3 is 3.12 bits per heavy atom. The molecule has 0 bridgehead atoms. The van der Waals surface area contributed by atoms with Crippen LogP contribution in [0.4, 0.5) is 5.13 Å². The van der Waals surface area contributed by atoms with E-state index in [2.05, 4.69) is 20.3 Å². The number of thiazole rings is 1. The summed E-state index contributed by atoms with van der Waals surface area (Å²) < 4.78 is 0. The van der Waals surface area contributed by atoms with Crippen LogP contribution in [0.25, 0.3) is 0 Å². The number of aromatic amines is 1. The van der Waals surface area contributed by atoms with Gasteiger partial charge in [0.05, 0.1) is 0 Å². The lowest BCUT2D eigenvalue weighted by Crippen LogP contribution is -2.25. The minimum absolute atomic E-state index is 0.183. The van der Waals surface area contributed by atoms with Crippen molar-refractivity contribution in [3.63, 3.8) is 0 Å². The smallest absolute Gasteiger partial charge is 0.270 e. The van der Waals surface area contributed by atoms with Gasteiger partial charge in [0.15, 0.2) is 5.13 Å². The van der Waals surface area contributed by atoms with E-state index in [1.54, 1.807) is 17.8 Å². The highest BCUT2D eigenvalue weighted by Crippen LogP contribution is 2.10. The van der Waals surface area contributed by atoms with Crippen molar-refractivity contribution in [2.75, 3.05) is 12.3 Å². The molecule has 2 heterocycles.